The van der Waals surface area contributed by atoms with Gasteiger partial charge in [0, 0.05) is 18.5 Å². The van der Waals surface area contributed by atoms with Crippen molar-refractivity contribution in [1.29, 1.82) is 0 Å². The number of carbonyl (C=O) groups excluding carboxylic acids is 1. The van der Waals surface area contributed by atoms with Crippen LogP contribution in [0, 0.1) is 0 Å². The first-order chi connectivity index (χ1) is 12.5. The highest BCUT2D eigenvalue weighted by Gasteiger charge is 2.28. The van der Waals surface area contributed by atoms with Gasteiger partial charge in [-0.15, -0.1) is 5.10 Å². The Bertz CT molecular complexity index is 810. The third kappa shape index (κ3) is 5.60. The normalized spacial score (nSPS) is 20.2. The van der Waals surface area contributed by atoms with Gasteiger partial charge in [0.25, 0.3) is 0 Å². The predicted octanol–water partition coefficient (Wildman–Crippen LogP) is 0.220. The molecule has 2 aromatic rings. The Morgan fingerprint density at radius 2 is 1.96 bits per heavy atom. The lowest BCUT2D eigenvalue weighted by Crippen LogP contribution is -2.37. The average molecular weight is 378 g/mol. The van der Waals surface area contributed by atoms with Gasteiger partial charge in [0.05, 0.1) is 12.3 Å². The van der Waals surface area contributed by atoms with E-state index in [-0.39, 0.29) is 30.2 Å². The van der Waals surface area contributed by atoms with Crippen LogP contribution in [0.4, 0.5) is 0 Å². The maximum absolute atomic E-state index is 12.3. The molecule has 9 nitrogen and oxygen atoms in total. The van der Waals surface area contributed by atoms with E-state index in [4.69, 9.17) is 0 Å². The number of tetrazole rings is 1. The van der Waals surface area contributed by atoms with Crippen molar-refractivity contribution < 1.29 is 13.2 Å². The standard InChI is InChI=1S/C16H22N6O3S/c23-16(8-9-22-12-17-20-21-22)18-14-6-7-15(10-14)19-26(24,25)11-13-4-2-1-3-5-13/h1-5,12,14-15,19H,6-11H2,(H,18,23)/t14-,15+/m0/s1. The van der Waals surface area contributed by atoms with Crippen LogP contribution in [0.1, 0.15) is 31.2 Å². The van der Waals surface area contributed by atoms with Crippen molar-refractivity contribution in [2.75, 3.05) is 0 Å². The summed E-state index contributed by atoms with van der Waals surface area (Å²) in [4.78, 5) is 12.0. The van der Waals surface area contributed by atoms with Gasteiger partial charge in [-0.25, -0.2) is 17.8 Å². The first-order valence-corrected chi connectivity index (χ1v) is 10.2. The monoisotopic (exact) mass is 378 g/mol. The summed E-state index contributed by atoms with van der Waals surface area (Å²) in [7, 11) is -3.40. The Labute approximate surface area is 152 Å². The molecular weight excluding hydrogens is 356 g/mol. The van der Waals surface area contributed by atoms with Crippen molar-refractivity contribution in [3.63, 3.8) is 0 Å². The number of hydrogen-bond donors (Lipinski definition) is 2. The number of aromatic nitrogens is 4. The minimum Gasteiger partial charge on any atom is -0.353 e. The summed E-state index contributed by atoms with van der Waals surface area (Å²) in [6, 6.07) is 8.92. The minimum absolute atomic E-state index is 0.0132. The van der Waals surface area contributed by atoms with Crippen LogP contribution in [0.15, 0.2) is 36.7 Å². The van der Waals surface area contributed by atoms with Crippen molar-refractivity contribution >= 4 is 15.9 Å². The zero-order chi connectivity index (χ0) is 18.4. The molecule has 1 amide bonds. The summed E-state index contributed by atoms with van der Waals surface area (Å²) < 4.78 is 28.8. The number of nitrogens with zero attached hydrogens (tertiary/aromatic N) is 4. The zero-order valence-electron chi connectivity index (χ0n) is 14.3. The number of aryl methyl sites for hydroxylation is 1. The zero-order valence-corrected chi connectivity index (χ0v) is 15.1. The molecule has 0 spiro atoms. The van der Waals surface area contributed by atoms with E-state index in [1.807, 2.05) is 18.2 Å². The fraction of sp³-hybridized carbons (Fsp3) is 0.500. The topological polar surface area (TPSA) is 119 Å². The Balaban J connectivity index is 1.42. The second kappa shape index (κ2) is 8.37. The molecule has 2 N–H and O–H groups in total. The average Bonchev–Trinajstić information content (AvgIpc) is 3.25. The van der Waals surface area contributed by atoms with Crippen LogP contribution in [-0.4, -0.2) is 46.6 Å². The lowest BCUT2D eigenvalue weighted by atomic mass is 10.2. The highest BCUT2D eigenvalue weighted by atomic mass is 32.2. The maximum Gasteiger partial charge on any atom is 0.222 e. The van der Waals surface area contributed by atoms with Crippen molar-refractivity contribution in [3.8, 4) is 0 Å². The molecular formula is C16H22N6O3S. The Morgan fingerprint density at radius 1 is 1.19 bits per heavy atom. The third-order valence-electron chi connectivity index (χ3n) is 4.30. The van der Waals surface area contributed by atoms with Crippen LogP contribution in [0.25, 0.3) is 0 Å². The molecule has 1 aromatic heterocycles. The fourth-order valence-electron chi connectivity index (χ4n) is 3.11. The molecule has 1 aliphatic carbocycles. The van der Waals surface area contributed by atoms with E-state index >= 15 is 0 Å². The minimum atomic E-state index is -3.40. The van der Waals surface area contributed by atoms with Gasteiger partial charge >= 0.3 is 0 Å². The summed E-state index contributed by atoms with van der Waals surface area (Å²) in [5.41, 5.74) is 0.755. The molecule has 1 aliphatic rings. The summed E-state index contributed by atoms with van der Waals surface area (Å²) in [5.74, 6) is -0.119. The molecule has 0 saturated heterocycles. The molecule has 26 heavy (non-hydrogen) atoms. The molecule has 1 saturated carbocycles. The summed E-state index contributed by atoms with van der Waals surface area (Å²) in [5, 5.41) is 13.7. The highest BCUT2D eigenvalue weighted by Crippen LogP contribution is 2.20. The predicted molar refractivity (Wildman–Crippen MR) is 94.2 cm³/mol. The Hall–Kier alpha value is -2.33. The Kier molecular flexibility index (Phi) is 5.94. The van der Waals surface area contributed by atoms with Crippen molar-refractivity contribution in [2.24, 2.45) is 0 Å². The number of amides is 1. The molecule has 0 unspecified atom stereocenters. The van der Waals surface area contributed by atoms with Gasteiger partial charge in [0.15, 0.2) is 0 Å². The van der Waals surface area contributed by atoms with E-state index in [2.05, 4.69) is 25.6 Å². The molecule has 0 aliphatic heterocycles. The second-order valence-electron chi connectivity index (χ2n) is 6.46. The number of carbonyl (C=O) groups is 1. The molecule has 1 aromatic carbocycles. The summed E-state index contributed by atoms with van der Waals surface area (Å²) in [6.45, 7) is 0.415. The van der Waals surface area contributed by atoms with Crippen molar-refractivity contribution in [3.05, 3.63) is 42.2 Å². The number of sulfonamides is 1. The van der Waals surface area contributed by atoms with Gasteiger partial charge in [-0.2, -0.15) is 0 Å². The molecule has 10 heteroatoms. The first-order valence-electron chi connectivity index (χ1n) is 8.54. The molecule has 0 bridgehead atoms. The van der Waals surface area contributed by atoms with E-state index in [9.17, 15) is 13.2 Å². The van der Waals surface area contributed by atoms with Gasteiger partial charge in [-0.1, -0.05) is 30.3 Å². The van der Waals surface area contributed by atoms with Crippen LogP contribution in [0.5, 0.6) is 0 Å². The van der Waals surface area contributed by atoms with Gasteiger partial charge in [0.1, 0.15) is 6.33 Å². The SMILES string of the molecule is O=C(CCn1cnnn1)N[C@H]1CC[C@@H](NS(=O)(=O)Cc2ccccc2)C1. The molecule has 3 rings (SSSR count). The number of nitrogens with one attached hydrogen (secondary N) is 2. The van der Waals surface area contributed by atoms with Crippen LogP contribution < -0.4 is 10.0 Å². The molecule has 140 valence electrons. The van der Waals surface area contributed by atoms with Gasteiger partial charge < -0.3 is 5.32 Å². The lowest BCUT2D eigenvalue weighted by molar-refractivity contribution is -0.122. The van der Waals surface area contributed by atoms with E-state index in [0.29, 0.717) is 19.4 Å². The summed E-state index contributed by atoms with van der Waals surface area (Å²) >= 11 is 0. The second-order valence-corrected chi connectivity index (χ2v) is 8.21. The maximum atomic E-state index is 12.3. The van der Waals surface area contributed by atoms with E-state index < -0.39 is 10.0 Å². The fourth-order valence-corrected chi connectivity index (χ4v) is 4.54. The van der Waals surface area contributed by atoms with Crippen LogP contribution >= 0.6 is 0 Å². The van der Waals surface area contributed by atoms with Crippen LogP contribution in [-0.2, 0) is 27.1 Å². The Morgan fingerprint density at radius 3 is 2.69 bits per heavy atom. The summed E-state index contributed by atoms with van der Waals surface area (Å²) in [6.07, 6.45) is 3.82. The quantitative estimate of drug-likeness (QED) is 0.678. The van der Waals surface area contributed by atoms with Crippen molar-refractivity contribution in [2.45, 2.75) is 50.1 Å². The number of rotatable bonds is 8. The third-order valence-corrected chi connectivity index (χ3v) is 5.71. The van der Waals surface area contributed by atoms with E-state index in [1.165, 1.54) is 11.0 Å². The smallest absolute Gasteiger partial charge is 0.222 e. The van der Waals surface area contributed by atoms with Gasteiger partial charge in [0.2, 0.25) is 15.9 Å². The van der Waals surface area contributed by atoms with Gasteiger partial charge in [-0.3, -0.25) is 4.79 Å². The highest BCUT2D eigenvalue weighted by molar-refractivity contribution is 7.88. The molecule has 0 radical (unpaired) electrons. The molecule has 1 heterocycles. The largest absolute Gasteiger partial charge is 0.353 e. The van der Waals surface area contributed by atoms with Crippen LogP contribution in [0.2, 0.25) is 0 Å². The van der Waals surface area contributed by atoms with E-state index in [0.717, 1.165) is 12.0 Å². The molecule has 1 fully saturated rings. The number of hydrogen-bond acceptors (Lipinski definition) is 6. The van der Waals surface area contributed by atoms with Crippen LogP contribution in [0.3, 0.4) is 0 Å². The first kappa shape index (κ1) is 18.5. The lowest BCUT2D eigenvalue weighted by Gasteiger charge is -2.15. The van der Waals surface area contributed by atoms with Gasteiger partial charge in [-0.05, 0) is 35.3 Å². The molecule has 2 atom stereocenters. The number of benzene rings is 1. The van der Waals surface area contributed by atoms with Crippen molar-refractivity contribution in [1.82, 2.24) is 30.2 Å². The van der Waals surface area contributed by atoms with E-state index in [1.54, 1.807) is 12.1 Å².